The monoisotopic (exact) mass is 120 g/mol. The van der Waals surface area contributed by atoms with Crippen molar-refractivity contribution in [2.75, 3.05) is 6.61 Å². The highest BCUT2D eigenvalue weighted by Crippen LogP contribution is 1.77. The van der Waals surface area contributed by atoms with Crippen LogP contribution in [0, 0.1) is 0 Å². The van der Waals surface area contributed by atoms with Gasteiger partial charge >= 0.3 is 0 Å². The van der Waals surface area contributed by atoms with Gasteiger partial charge in [-0.2, -0.15) is 0 Å². The minimum atomic E-state index is -0.311. The smallest absolute Gasteiger partial charge is 0.294 e. The van der Waals surface area contributed by atoms with E-state index in [9.17, 15) is 4.79 Å². The first-order chi connectivity index (χ1) is 3.31. The van der Waals surface area contributed by atoms with Crippen LogP contribution in [-0.4, -0.2) is 28.2 Å². The van der Waals surface area contributed by atoms with Crippen LogP contribution >= 0.6 is 0 Å². The maximum Gasteiger partial charge on any atom is 0.294 e. The highest BCUT2D eigenvalue weighted by Gasteiger charge is 1.92. The molecule has 0 spiro atoms. The van der Waals surface area contributed by atoms with E-state index in [1.54, 1.807) is 0 Å². The van der Waals surface area contributed by atoms with Gasteiger partial charge in [0.15, 0.2) is 0 Å². The van der Waals surface area contributed by atoms with E-state index in [0.29, 0.717) is 10.5 Å². The van der Waals surface area contributed by atoms with Gasteiger partial charge in [0.1, 0.15) is 0 Å². The Labute approximate surface area is 44.8 Å². The van der Waals surface area contributed by atoms with Crippen LogP contribution in [0.15, 0.2) is 0 Å². The third-order valence-electron chi connectivity index (χ3n) is 0.544. The molecule has 0 radical (unpaired) electrons. The summed E-state index contributed by atoms with van der Waals surface area (Å²) in [4.78, 5) is 10.1. The van der Waals surface area contributed by atoms with Crippen molar-refractivity contribution in [2.45, 2.75) is 6.42 Å². The summed E-state index contributed by atoms with van der Waals surface area (Å²) in [6.07, 6.45) is 0.128. The van der Waals surface area contributed by atoms with Gasteiger partial charge in [0, 0.05) is 0 Å². The molecule has 0 atom stereocenters. The molecule has 0 fully saturated rings. The normalized spacial score (nSPS) is 8.71. The number of carbonyl (C=O) groups excluding carboxylic acids is 1. The molecule has 3 nitrogen and oxygen atoms in total. The zero-order valence-electron chi connectivity index (χ0n) is 4.18. The van der Waals surface area contributed by atoms with Crippen molar-refractivity contribution >= 4 is 16.5 Å². The van der Waals surface area contributed by atoms with E-state index in [1.165, 1.54) is 0 Å². The number of aliphatic hydroxyl groups excluding tert-OH is 1. The summed E-state index contributed by atoms with van der Waals surface area (Å²) in [7, 11) is 0.426. The van der Waals surface area contributed by atoms with Crippen LogP contribution in [0.5, 0.6) is 0 Å². The Morgan fingerprint density at radius 1 is 1.86 bits per heavy atom. The quantitative estimate of drug-likeness (QED) is 0.437. The van der Waals surface area contributed by atoms with Gasteiger partial charge in [0.25, 0.3) is 5.97 Å². The Bertz CT molecular complexity index is 63.2. The van der Waals surface area contributed by atoms with Crippen molar-refractivity contribution in [3.63, 3.8) is 0 Å². The molecule has 0 saturated carbocycles. The molecular formula is C3H8O3Si. The van der Waals surface area contributed by atoms with Crippen molar-refractivity contribution in [3.05, 3.63) is 0 Å². The summed E-state index contributed by atoms with van der Waals surface area (Å²) >= 11 is 0. The third-order valence-corrected chi connectivity index (χ3v) is 0.999. The first-order valence-corrected chi connectivity index (χ1v) is 2.80. The van der Waals surface area contributed by atoms with E-state index in [2.05, 4.69) is 4.43 Å². The number of aliphatic hydroxyl groups is 1. The molecule has 0 aromatic carbocycles. The minimum Gasteiger partial charge on any atom is -0.529 e. The lowest BCUT2D eigenvalue weighted by Gasteiger charge is -1.92. The predicted octanol–water partition coefficient (Wildman–Crippen LogP) is -1.81. The van der Waals surface area contributed by atoms with E-state index >= 15 is 0 Å². The Kier molecular flexibility index (Phi) is 3.63. The minimum absolute atomic E-state index is 0.110. The lowest BCUT2D eigenvalue weighted by Crippen LogP contribution is -2.02. The Morgan fingerprint density at radius 3 is 2.57 bits per heavy atom. The van der Waals surface area contributed by atoms with Crippen LogP contribution in [0.2, 0.25) is 0 Å². The van der Waals surface area contributed by atoms with E-state index in [-0.39, 0.29) is 19.0 Å². The van der Waals surface area contributed by atoms with Crippen molar-refractivity contribution < 1.29 is 14.3 Å². The summed E-state index contributed by atoms with van der Waals surface area (Å²) in [5, 5.41) is 8.08. The van der Waals surface area contributed by atoms with Gasteiger partial charge in [-0.25, -0.2) is 0 Å². The molecule has 0 rings (SSSR count). The first-order valence-electron chi connectivity index (χ1n) is 1.99. The molecule has 0 saturated heterocycles. The second kappa shape index (κ2) is 3.82. The molecule has 0 aliphatic carbocycles. The molecule has 42 valence electrons. The van der Waals surface area contributed by atoms with E-state index < -0.39 is 0 Å². The van der Waals surface area contributed by atoms with Crippen molar-refractivity contribution in [2.24, 2.45) is 0 Å². The average Bonchev–Trinajstić information content (AvgIpc) is 1.68. The highest BCUT2D eigenvalue weighted by atomic mass is 28.2. The lowest BCUT2D eigenvalue weighted by atomic mass is 10.5. The van der Waals surface area contributed by atoms with Gasteiger partial charge in [-0.1, -0.05) is 0 Å². The van der Waals surface area contributed by atoms with Crippen LogP contribution < -0.4 is 0 Å². The molecule has 0 bridgehead atoms. The number of hydrogen-bond donors (Lipinski definition) is 1. The molecule has 0 aromatic rings. The fourth-order valence-corrected chi connectivity index (χ4v) is 0.397. The molecule has 0 aliphatic rings. The molecule has 0 amide bonds. The number of hydrogen-bond acceptors (Lipinski definition) is 3. The SMILES string of the molecule is O=C(CCO)O[SiH3]. The topological polar surface area (TPSA) is 46.5 Å². The lowest BCUT2D eigenvalue weighted by molar-refractivity contribution is -0.134. The summed E-state index contributed by atoms with van der Waals surface area (Å²) in [6.45, 7) is -0.110. The van der Waals surface area contributed by atoms with Gasteiger partial charge in [0.2, 0.25) is 10.5 Å². The molecular weight excluding hydrogens is 112 g/mol. The van der Waals surface area contributed by atoms with E-state index in [0.717, 1.165) is 0 Å². The summed E-state index contributed by atoms with van der Waals surface area (Å²) in [6, 6.07) is 0. The zero-order valence-corrected chi connectivity index (χ0v) is 6.18. The maximum atomic E-state index is 10.1. The molecule has 0 aromatic heterocycles. The Balaban J connectivity index is 3.00. The van der Waals surface area contributed by atoms with Crippen LogP contribution in [0.3, 0.4) is 0 Å². The van der Waals surface area contributed by atoms with E-state index in [4.69, 9.17) is 5.11 Å². The van der Waals surface area contributed by atoms with Crippen molar-refractivity contribution in [1.82, 2.24) is 0 Å². The van der Waals surface area contributed by atoms with Gasteiger partial charge in [-0.05, 0) is 0 Å². The Morgan fingerprint density at radius 2 is 2.43 bits per heavy atom. The van der Waals surface area contributed by atoms with Gasteiger partial charge in [0.05, 0.1) is 13.0 Å². The van der Waals surface area contributed by atoms with Crippen molar-refractivity contribution in [1.29, 1.82) is 0 Å². The maximum absolute atomic E-state index is 10.1. The molecule has 4 heteroatoms. The number of rotatable bonds is 2. The summed E-state index contributed by atoms with van der Waals surface area (Å²) in [5.41, 5.74) is 0. The zero-order chi connectivity index (χ0) is 5.70. The predicted molar refractivity (Wildman–Crippen MR) is 27.7 cm³/mol. The first kappa shape index (κ1) is 6.65. The van der Waals surface area contributed by atoms with Crippen molar-refractivity contribution in [3.8, 4) is 0 Å². The van der Waals surface area contributed by atoms with Crippen LogP contribution in [0.25, 0.3) is 0 Å². The van der Waals surface area contributed by atoms with E-state index in [1.807, 2.05) is 0 Å². The highest BCUT2D eigenvalue weighted by molar-refractivity contribution is 6.05. The third kappa shape index (κ3) is 3.48. The molecule has 0 aliphatic heterocycles. The van der Waals surface area contributed by atoms with Gasteiger partial charge in [-0.3, -0.25) is 4.79 Å². The fraction of sp³-hybridized carbons (Fsp3) is 0.667. The summed E-state index contributed by atoms with van der Waals surface area (Å²) < 4.78 is 4.33. The van der Waals surface area contributed by atoms with Gasteiger partial charge in [-0.15, -0.1) is 0 Å². The standard InChI is InChI=1S/C3H8O3Si/c4-2-1-3(5)6-7/h4H,1-2H2,7H3. The van der Waals surface area contributed by atoms with Gasteiger partial charge < -0.3 is 9.53 Å². The molecule has 0 heterocycles. The second-order valence-electron chi connectivity index (χ2n) is 1.05. The summed E-state index contributed by atoms with van der Waals surface area (Å²) in [5.74, 6) is -0.311. The van der Waals surface area contributed by atoms with Crippen LogP contribution in [0.1, 0.15) is 6.42 Å². The molecule has 1 N–H and O–H groups in total. The van der Waals surface area contributed by atoms with Crippen LogP contribution in [0.4, 0.5) is 0 Å². The Hall–Kier alpha value is -0.353. The molecule has 7 heavy (non-hydrogen) atoms. The largest absolute Gasteiger partial charge is 0.529 e. The number of carbonyl (C=O) groups is 1. The molecule has 0 unspecified atom stereocenters. The van der Waals surface area contributed by atoms with Crippen LogP contribution in [-0.2, 0) is 9.22 Å². The fourth-order valence-electron chi connectivity index (χ4n) is 0.193. The second-order valence-corrected chi connectivity index (χ2v) is 1.46. The average molecular weight is 120 g/mol.